The van der Waals surface area contributed by atoms with Gasteiger partial charge in [0.1, 0.15) is 6.33 Å². The Morgan fingerprint density at radius 3 is 2.64 bits per heavy atom. The molecule has 4 rings (SSSR count). The molecular weight excluding hydrogens is 378 g/mol. The molecule has 8 nitrogen and oxygen atoms in total. The molecule has 0 atom stereocenters. The normalized spacial score (nSPS) is 14.9. The van der Waals surface area contributed by atoms with Crippen molar-refractivity contribution >= 4 is 27.0 Å². The van der Waals surface area contributed by atoms with Crippen molar-refractivity contribution in [3.63, 3.8) is 0 Å². The number of carbonyl (C=O) groups is 1. The van der Waals surface area contributed by atoms with Gasteiger partial charge < -0.3 is 9.47 Å². The molecule has 0 radical (unpaired) electrons. The zero-order valence-corrected chi connectivity index (χ0v) is 17.2. The van der Waals surface area contributed by atoms with Crippen LogP contribution in [0.15, 0.2) is 30.6 Å². The van der Waals surface area contributed by atoms with Crippen LogP contribution in [0.4, 0.5) is 0 Å². The number of para-hydroxylation sites is 1. The van der Waals surface area contributed by atoms with E-state index in [0.717, 1.165) is 36.9 Å². The van der Waals surface area contributed by atoms with Gasteiger partial charge in [0.15, 0.2) is 0 Å². The van der Waals surface area contributed by atoms with Gasteiger partial charge in [0.05, 0.1) is 23.5 Å². The summed E-state index contributed by atoms with van der Waals surface area (Å²) >= 11 is 0. The molecule has 28 heavy (non-hydrogen) atoms. The highest BCUT2D eigenvalue weighted by molar-refractivity contribution is 7.87. The largest absolute Gasteiger partial charge is 0.347 e. The van der Waals surface area contributed by atoms with E-state index in [4.69, 9.17) is 0 Å². The lowest BCUT2D eigenvalue weighted by Gasteiger charge is -2.27. The van der Waals surface area contributed by atoms with Gasteiger partial charge in [0.25, 0.3) is 5.91 Å². The second-order valence-corrected chi connectivity index (χ2v) is 9.26. The van der Waals surface area contributed by atoms with Gasteiger partial charge in [-0.05, 0) is 13.0 Å². The van der Waals surface area contributed by atoms with E-state index in [9.17, 15) is 13.2 Å². The van der Waals surface area contributed by atoms with E-state index in [1.807, 2.05) is 31.3 Å². The van der Waals surface area contributed by atoms with Crippen molar-refractivity contribution in [2.75, 3.05) is 20.6 Å². The summed E-state index contributed by atoms with van der Waals surface area (Å²) in [6, 6.07) is 7.90. The van der Waals surface area contributed by atoms with Gasteiger partial charge in [-0.1, -0.05) is 18.2 Å². The first-order chi connectivity index (χ1) is 13.2. The number of hydrogen-bond acceptors (Lipinski definition) is 4. The van der Waals surface area contributed by atoms with Crippen LogP contribution >= 0.6 is 0 Å². The number of aryl methyl sites for hydroxylation is 1. The van der Waals surface area contributed by atoms with Crippen LogP contribution in [-0.2, 0) is 30.2 Å². The molecule has 9 heteroatoms. The maximum Gasteiger partial charge on any atom is 0.308 e. The van der Waals surface area contributed by atoms with Crippen LogP contribution in [0.25, 0.3) is 10.9 Å². The van der Waals surface area contributed by atoms with Crippen LogP contribution in [0, 0.1) is 6.92 Å². The smallest absolute Gasteiger partial charge is 0.308 e. The third kappa shape index (κ3) is 2.65. The summed E-state index contributed by atoms with van der Waals surface area (Å²) in [7, 11) is 1.31. The number of rotatable bonds is 4. The van der Waals surface area contributed by atoms with Gasteiger partial charge >= 0.3 is 10.2 Å². The molecule has 0 saturated heterocycles. The van der Waals surface area contributed by atoms with Crippen molar-refractivity contribution in [1.82, 2.24) is 22.7 Å². The van der Waals surface area contributed by atoms with Gasteiger partial charge in [-0.2, -0.15) is 12.7 Å². The van der Waals surface area contributed by atoms with E-state index in [-0.39, 0.29) is 12.5 Å². The van der Waals surface area contributed by atoms with Crippen LogP contribution in [-0.4, -0.2) is 57.7 Å². The minimum absolute atomic E-state index is 0.0394. The second kappa shape index (κ2) is 6.46. The van der Waals surface area contributed by atoms with E-state index in [0.29, 0.717) is 17.9 Å². The lowest BCUT2D eigenvalue weighted by Crippen LogP contribution is -2.37. The number of amides is 1. The zero-order valence-electron chi connectivity index (χ0n) is 16.4. The van der Waals surface area contributed by atoms with Crippen LogP contribution in [0.5, 0.6) is 0 Å². The van der Waals surface area contributed by atoms with E-state index in [1.165, 1.54) is 20.4 Å². The fourth-order valence-corrected chi connectivity index (χ4v) is 4.77. The number of aromatic nitrogens is 3. The molecule has 0 saturated carbocycles. The molecule has 0 unspecified atom stereocenters. The Hall–Kier alpha value is -2.65. The van der Waals surface area contributed by atoms with Crippen molar-refractivity contribution in [3.05, 3.63) is 53.2 Å². The molecule has 0 spiro atoms. The molecule has 0 aliphatic carbocycles. The SMILES string of the molecule is Cc1c(CN2CCc3c(c4ccccc4n3C)C2=O)ncn1S(=O)(=O)N(C)C. The van der Waals surface area contributed by atoms with Crippen molar-refractivity contribution in [3.8, 4) is 0 Å². The number of nitrogens with zero attached hydrogens (tertiary/aromatic N) is 5. The predicted octanol–water partition coefficient (Wildman–Crippen LogP) is 1.54. The summed E-state index contributed by atoms with van der Waals surface area (Å²) in [5.74, 6) is -0.0394. The van der Waals surface area contributed by atoms with Crippen LogP contribution in [0.1, 0.15) is 27.4 Å². The molecule has 3 heterocycles. The molecule has 0 bridgehead atoms. The van der Waals surface area contributed by atoms with E-state index in [1.54, 1.807) is 11.8 Å². The van der Waals surface area contributed by atoms with E-state index >= 15 is 0 Å². The molecule has 1 amide bonds. The summed E-state index contributed by atoms with van der Waals surface area (Å²) in [6.45, 7) is 2.56. The van der Waals surface area contributed by atoms with Crippen LogP contribution in [0.3, 0.4) is 0 Å². The highest BCUT2D eigenvalue weighted by atomic mass is 32.2. The van der Waals surface area contributed by atoms with Crippen molar-refractivity contribution < 1.29 is 13.2 Å². The standard InChI is InChI=1S/C19H23N5O3S/c1-13-15(20-12-24(13)28(26,27)21(2)3)11-23-10-9-17-18(19(23)25)14-7-5-6-8-16(14)22(17)4/h5-8,12H,9-11H2,1-4H3. The average molecular weight is 401 g/mol. The summed E-state index contributed by atoms with van der Waals surface area (Å²) in [6.07, 6.45) is 2.06. The third-order valence-electron chi connectivity index (χ3n) is 5.47. The molecule has 0 N–H and O–H groups in total. The predicted molar refractivity (Wildman–Crippen MR) is 106 cm³/mol. The first-order valence-electron chi connectivity index (χ1n) is 9.05. The summed E-state index contributed by atoms with van der Waals surface area (Å²) in [5.41, 5.74) is 3.93. The molecular formula is C19H23N5O3S. The quantitative estimate of drug-likeness (QED) is 0.664. The highest BCUT2D eigenvalue weighted by Crippen LogP contribution is 2.30. The highest BCUT2D eigenvalue weighted by Gasteiger charge is 2.31. The molecule has 3 aromatic rings. The topological polar surface area (TPSA) is 80.4 Å². The summed E-state index contributed by atoms with van der Waals surface area (Å²) < 4.78 is 29.2. The molecule has 2 aromatic heterocycles. The first kappa shape index (κ1) is 18.7. The average Bonchev–Trinajstić information content (AvgIpc) is 3.17. The maximum atomic E-state index is 13.2. The molecule has 0 fully saturated rings. The Labute approximate surface area is 164 Å². The molecule has 1 aromatic carbocycles. The number of imidazole rings is 1. The van der Waals surface area contributed by atoms with Gasteiger partial charge in [-0.3, -0.25) is 4.79 Å². The third-order valence-corrected chi connectivity index (χ3v) is 7.25. The molecule has 148 valence electrons. The van der Waals surface area contributed by atoms with E-state index in [2.05, 4.69) is 9.55 Å². The van der Waals surface area contributed by atoms with Crippen LogP contribution in [0.2, 0.25) is 0 Å². The van der Waals surface area contributed by atoms with Gasteiger partial charge in [-0.25, -0.2) is 8.96 Å². The number of hydrogen-bond donors (Lipinski definition) is 0. The Bertz CT molecular complexity index is 1190. The van der Waals surface area contributed by atoms with Crippen molar-refractivity contribution in [2.24, 2.45) is 7.05 Å². The Kier molecular flexibility index (Phi) is 4.31. The second-order valence-electron chi connectivity index (χ2n) is 7.24. The van der Waals surface area contributed by atoms with Crippen LogP contribution < -0.4 is 0 Å². The molecule has 1 aliphatic rings. The fourth-order valence-electron chi connectivity index (χ4n) is 3.80. The Morgan fingerprint density at radius 1 is 1.21 bits per heavy atom. The lowest BCUT2D eigenvalue weighted by atomic mass is 10.0. The number of fused-ring (bicyclic) bond motifs is 3. The fraction of sp³-hybridized carbons (Fsp3) is 0.368. The van der Waals surface area contributed by atoms with Crippen molar-refractivity contribution in [2.45, 2.75) is 19.9 Å². The number of carbonyl (C=O) groups excluding carboxylic acids is 1. The Morgan fingerprint density at radius 2 is 1.93 bits per heavy atom. The minimum Gasteiger partial charge on any atom is -0.347 e. The monoisotopic (exact) mass is 401 g/mol. The first-order valence-corrected chi connectivity index (χ1v) is 10.4. The van der Waals surface area contributed by atoms with Crippen molar-refractivity contribution in [1.29, 1.82) is 0 Å². The molecule has 1 aliphatic heterocycles. The number of benzene rings is 1. The summed E-state index contributed by atoms with van der Waals surface area (Å²) in [4.78, 5) is 19.2. The zero-order chi connectivity index (χ0) is 20.2. The van der Waals surface area contributed by atoms with E-state index < -0.39 is 10.2 Å². The lowest BCUT2D eigenvalue weighted by molar-refractivity contribution is 0.0725. The Balaban J connectivity index is 1.68. The maximum absolute atomic E-state index is 13.2. The van der Waals surface area contributed by atoms with Gasteiger partial charge in [0, 0.05) is 50.7 Å². The van der Waals surface area contributed by atoms with Gasteiger partial charge in [0.2, 0.25) is 0 Å². The summed E-state index contributed by atoms with van der Waals surface area (Å²) in [5, 5.41) is 0.951. The minimum atomic E-state index is -3.63. The van der Waals surface area contributed by atoms with Gasteiger partial charge in [-0.15, -0.1) is 0 Å².